The zero-order chi connectivity index (χ0) is 14.1. The number of anilines is 1. The Morgan fingerprint density at radius 1 is 1.05 bits per heavy atom. The Labute approximate surface area is 127 Å². The lowest BCUT2D eigenvalue weighted by atomic mass is 9.89. The minimum absolute atomic E-state index is 0.741. The average molecular weight is 286 g/mol. The van der Waals surface area contributed by atoms with E-state index < -0.39 is 0 Å². The van der Waals surface area contributed by atoms with E-state index in [4.69, 9.17) is 0 Å². The molecule has 4 rings (SSSR count). The van der Waals surface area contributed by atoms with Gasteiger partial charge >= 0.3 is 0 Å². The first-order chi connectivity index (χ1) is 10.4. The van der Waals surface area contributed by atoms with Crippen molar-refractivity contribution in [2.24, 2.45) is 5.92 Å². The number of nitrogens with zero attached hydrogens (tertiary/aromatic N) is 3. The Morgan fingerprint density at radius 3 is 2.90 bits per heavy atom. The topological polar surface area (TPSA) is 41.1 Å². The molecule has 2 unspecified atom stereocenters. The van der Waals surface area contributed by atoms with Gasteiger partial charge in [0.15, 0.2) is 0 Å². The van der Waals surface area contributed by atoms with Crippen LogP contribution in [0.4, 0.5) is 5.82 Å². The third-order valence-corrected chi connectivity index (χ3v) is 5.53. The monoisotopic (exact) mass is 286 g/mol. The number of rotatable bonds is 2. The van der Waals surface area contributed by atoms with Crippen molar-refractivity contribution >= 4 is 5.82 Å². The van der Waals surface area contributed by atoms with Gasteiger partial charge in [0.05, 0.1) is 0 Å². The molecule has 1 N–H and O–H groups in total. The first-order valence-electron chi connectivity index (χ1n) is 8.73. The van der Waals surface area contributed by atoms with Gasteiger partial charge < -0.3 is 10.2 Å². The summed E-state index contributed by atoms with van der Waals surface area (Å²) in [6.07, 6.45) is 12.1. The molecule has 1 aliphatic carbocycles. The van der Waals surface area contributed by atoms with E-state index in [1.165, 1.54) is 81.7 Å². The molecule has 3 aliphatic rings. The van der Waals surface area contributed by atoms with Gasteiger partial charge in [0.25, 0.3) is 0 Å². The van der Waals surface area contributed by atoms with Crippen LogP contribution in [0.25, 0.3) is 0 Å². The fourth-order valence-corrected chi connectivity index (χ4v) is 4.42. The molecule has 0 spiro atoms. The molecule has 1 aromatic heterocycles. The SMILES string of the molecule is c1nc2c(c(N3CCCC(C4CCCN4)C3)n1)CCCC2. The van der Waals surface area contributed by atoms with Gasteiger partial charge in [-0.25, -0.2) is 9.97 Å². The van der Waals surface area contributed by atoms with Crippen LogP contribution in [0, 0.1) is 5.92 Å². The van der Waals surface area contributed by atoms with Crippen molar-refractivity contribution in [1.29, 1.82) is 0 Å². The van der Waals surface area contributed by atoms with E-state index in [1.807, 2.05) is 0 Å². The summed E-state index contributed by atoms with van der Waals surface area (Å²) in [5, 5.41) is 3.70. The van der Waals surface area contributed by atoms with Gasteiger partial charge in [0.2, 0.25) is 0 Å². The fraction of sp³-hybridized carbons (Fsp3) is 0.765. The second kappa shape index (κ2) is 5.91. The highest BCUT2D eigenvalue weighted by molar-refractivity contribution is 5.50. The largest absolute Gasteiger partial charge is 0.356 e. The van der Waals surface area contributed by atoms with E-state index in [0.717, 1.165) is 18.4 Å². The van der Waals surface area contributed by atoms with Crippen LogP contribution < -0.4 is 10.2 Å². The van der Waals surface area contributed by atoms with E-state index in [1.54, 1.807) is 6.33 Å². The zero-order valence-electron chi connectivity index (χ0n) is 12.9. The van der Waals surface area contributed by atoms with Crippen LogP contribution in [0.5, 0.6) is 0 Å². The molecule has 0 amide bonds. The van der Waals surface area contributed by atoms with Crippen LogP contribution in [0.15, 0.2) is 6.33 Å². The van der Waals surface area contributed by atoms with Crippen molar-refractivity contribution in [2.75, 3.05) is 24.5 Å². The molecule has 114 valence electrons. The van der Waals surface area contributed by atoms with Crippen molar-refractivity contribution in [2.45, 2.75) is 57.4 Å². The summed E-state index contributed by atoms with van der Waals surface area (Å²) in [5.41, 5.74) is 2.76. The predicted octanol–water partition coefficient (Wildman–Crippen LogP) is 2.32. The molecule has 1 aromatic rings. The normalized spacial score (nSPS) is 29.4. The van der Waals surface area contributed by atoms with Gasteiger partial charge in [0, 0.05) is 30.4 Å². The maximum absolute atomic E-state index is 4.67. The molecule has 4 nitrogen and oxygen atoms in total. The standard InChI is InChI=1S/C17H26N4/c1-2-7-16-14(6-1)17(20-12-19-16)21-10-4-5-13(11-21)15-8-3-9-18-15/h12-13,15,18H,1-11H2. The molecule has 3 heterocycles. The van der Waals surface area contributed by atoms with E-state index in [9.17, 15) is 0 Å². The molecule has 0 bridgehead atoms. The number of piperidine rings is 1. The average Bonchev–Trinajstić information content (AvgIpc) is 3.09. The lowest BCUT2D eigenvalue weighted by Gasteiger charge is -2.37. The highest BCUT2D eigenvalue weighted by Crippen LogP contribution is 2.32. The van der Waals surface area contributed by atoms with E-state index >= 15 is 0 Å². The summed E-state index contributed by atoms with van der Waals surface area (Å²) in [5.74, 6) is 2.05. The molecule has 2 saturated heterocycles. The van der Waals surface area contributed by atoms with Gasteiger partial charge in [-0.3, -0.25) is 0 Å². The van der Waals surface area contributed by atoms with E-state index in [-0.39, 0.29) is 0 Å². The summed E-state index contributed by atoms with van der Waals surface area (Å²) in [6, 6.07) is 0.741. The molecule has 0 saturated carbocycles. The summed E-state index contributed by atoms with van der Waals surface area (Å²) in [4.78, 5) is 11.7. The highest BCUT2D eigenvalue weighted by Gasteiger charge is 2.31. The first-order valence-corrected chi connectivity index (χ1v) is 8.73. The Balaban J connectivity index is 1.55. The smallest absolute Gasteiger partial charge is 0.135 e. The number of aryl methyl sites for hydroxylation is 1. The maximum atomic E-state index is 4.67. The quantitative estimate of drug-likeness (QED) is 0.906. The lowest BCUT2D eigenvalue weighted by Crippen LogP contribution is -2.44. The predicted molar refractivity (Wildman–Crippen MR) is 84.6 cm³/mol. The van der Waals surface area contributed by atoms with Crippen LogP contribution in [-0.2, 0) is 12.8 Å². The van der Waals surface area contributed by atoms with E-state index in [0.29, 0.717) is 0 Å². The van der Waals surface area contributed by atoms with Crippen LogP contribution in [0.2, 0.25) is 0 Å². The molecule has 4 heteroatoms. The van der Waals surface area contributed by atoms with Crippen molar-refractivity contribution in [1.82, 2.24) is 15.3 Å². The molecule has 2 aliphatic heterocycles. The van der Waals surface area contributed by atoms with Crippen molar-refractivity contribution in [3.05, 3.63) is 17.6 Å². The minimum atomic E-state index is 0.741. The van der Waals surface area contributed by atoms with Crippen molar-refractivity contribution in [3.63, 3.8) is 0 Å². The molecule has 21 heavy (non-hydrogen) atoms. The Bertz CT molecular complexity index is 496. The second-order valence-corrected chi connectivity index (χ2v) is 6.88. The van der Waals surface area contributed by atoms with Gasteiger partial charge in [-0.2, -0.15) is 0 Å². The summed E-state index contributed by atoms with van der Waals surface area (Å²) >= 11 is 0. The fourth-order valence-electron chi connectivity index (χ4n) is 4.42. The van der Waals surface area contributed by atoms with Gasteiger partial charge in [0.1, 0.15) is 12.1 Å². The third kappa shape index (κ3) is 2.66. The molecule has 2 fully saturated rings. The molecular weight excluding hydrogens is 260 g/mol. The number of nitrogens with one attached hydrogen (secondary N) is 1. The number of hydrogen-bond acceptors (Lipinski definition) is 4. The Morgan fingerprint density at radius 2 is 2.00 bits per heavy atom. The van der Waals surface area contributed by atoms with Crippen LogP contribution in [0.1, 0.15) is 49.8 Å². The molecule has 2 atom stereocenters. The van der Waals surface area contributed by atoms with Crippen LogP contribution in [-0.4, -0.2) is 35.6 Å². The Kier molecular flexibility index (Phi) is 3.80. The first kappa shape index (κ1) is 13.5. The van der Waals surface area contributed by atoms with Crippen LogP contribution in [0.3, 0.4) is 0 Å². The van der Waals surface area contributed by atoms with Gasteiger partial charge in [-0.05, 0) is 63.8 Å². The van der Waals surface area contributed by atoms with E-state index in [2.05, 4.69) is 20.2 Å². The zero-order valence-corrected chi connectivity index (χ0v) is 12.9. The maximum Gasteiger partial charge on any atom is 0.135 e. The van der Waals surface area contributed by atoms with Crippen molar-refractivity contribution < 1.29 is 0 Å². The lowest BCUT2D eigenvalue weighted by molar-refractivity contribution is 0.327. The number of fused-ring (bicyclic) bond motifs is 1. The number of aromatic nitrogens is 2. The van der Waals surface area contributed by atoms with Crippen LogP contribution >= 0.6 is 0 Å². The third-order valence-electron chi connectivity index (χ3n) is 5.53. The molecular formula is C17H26N4. The minimum Gasteiger partial charge on any atom is -0.356 e. The second-order valence-electron chi connectivity index (χ2n) is 6.88. The molecule has 0 aromatic carbocycles. The summed E-state index contributed by atoms with van der Waals surface area (Å²) < 4.78 is 0. The summed E-state index contributed by atoms with van der Waals surface area (Å²) in [7, 11) is 0. The summed E-state index contributed by atoms with van der Waals surface area (Å²) in [6.45, 7) is 3.57. The molecule has 0 radical (unpaired) electrons. The van der Waals surface area contributed by atoms with Gasteiger partial charge in [-0.1, -0.05) is 0 Å². The number of hydrogen-bond donors (Lipinski definition) is 1. The van der Waals surface area contributed by atoms with Crippen molar-refractivity contribution in [3.8, 4) is 0 Å². The highest BCUT2D eigenvalue weighted by atomic mass is 15.2. The Hall–Kier alpha value is -1.16. The van der Waals surface area contributed by atoms with Gasteiger partial charge in [-0.15, -0.1) is 0 Å².